The van der Waals surface area contributed by atoms with Gasteiger partial charge in [-0.05, 0) is 200 Å². The molecule has 0 spiro atoms. The van der Waals surface area contributed by atoms with Crippen LogP contribution in [0.15, 0.2) is 133 Å². The van der Waals surface area contributed by atoms with Gasteiger partial charge in [-0.3, -0.25) is 4.79 Å². The summed E-state index contributed by atoms with van der Waals surface area (Å²) in [5, 5.41) is 31.3. The SMILES string of the molecule is CCOC(=O)C(C)Br.CCOC(=O)C(C)Oc1ccc(-c2nc(-c3ccc(N4CCCC4)cc3)nc(-c3ccc(N4CCCC4)cc3)n2)c(O)c1.Oc1ccc(-c2nc(-c3ccc(N4CCCC4)cc3)nc(-c3ccc(N4CCCC4)cc3)n2)c(O)c1. The summed E-state index contributed by atoms with van der Waals surface area (Å²) in [7, 11) is 0. The standard InChI is InChI=1S/C34H37N5O4.C29H29N5O2.C5H9BrO2/c1-3-42-34(41)23(2)43-28-16-17-29(30(40)22-28)33-36-31(24-8-12-26(13-9-24)38-18-4-5-19-38)35-32(37-33)25-10-14-27(15-11-25)39-20-6-7-21-39;35-24-13-14-25(26(36)19-24)29-31-27(20-5-9-22(10-6-20)33-15-1-2-16-33)30-28(32-29)21-7-11-23(12-8-21)34-17-3-4-18-34;1-3-8-5(7)4(2)6/h8-17,22-23,40H,3-7,18-21H2,1-2H3;5-14,19,35-36H,1-4,15-18H2;4H,3H2,1-2H3. The molecule has 12 rings (SSSR count). The highest BCUT2D eigenvalue weighted by Gasteiger charge is 2.22. The zero-order valence-electron chi connectivity index (χ0n) is 49.8. The van der Waals surface area contributed by atoms with Crippen molar-refractivity contribution in [3.63, 3.8) is 0 Å². The van der Waals surface area contributed by atoms with E-state index in [1.807, 2.05) is 48.5 Å². The van der Waals surface area contributed by atoms with Crippen molar-refractivity contribution >= 4 is 50.6 Å². The highest BCUT2D eigenvalue weighted by molar-refractivity contribution is 9.10. The zero-order valence-corrected chi connectivity index (χ0v) is 51.4. The van der Waals surface area contributed by atoms with Crippen LogP contribution < -0.4 is 24.3 Å². The summed E-state index contributed by atoms with van der Waals surface area (Å²) in [5.74, 6) is 2.34. The molecular weight excluding hydrogens is 1160 g/mol. The van der Waals surface area contributed by atoms with E-state index in [2.05, 4.69) is 88.8 Å². The molecule has 0 saturated carbocycles. The van der Waals surface area contributed by atoms with Gasteiger partial charge in [0.15, 0.2) is 41.1 Å². The average Bonchev–Trinajstić information content (AvgIpc) is 3.72. The Morgan fingerprint density at radius 3 is 1.01 bits per heavy atom. The third kappa shape index (κ3) is 15.6. The van der Waals surface area contributed by atoms with Gasteiger partial charge in [-0.15, -0.1) is 0 Å². The molecule has 452 valence electrons. The Morgan fingerprint density at radius 1 is 0.425 bits per heavy atom. The first-order valence-corrected chi connectivity index (χ1v) is 31.2. The minimum atomic E-state index is -0.812. The minimum absolute atomic E-state index is 0.0132. The van der Waals surface area contributed by atoms with Crippen LogP contribution in [-0.2, 0) is 19.1 Å². The molecule has 3 N–H and O–H groups in total. The molecule has 18 nitrogen and oxygen atoms in total. The first-order chi connectivity index (χ1) is 42.3. The molecule has 19 heteroatoms. The second kappa shape index (κ2) is 29.0. The maximum atomic E-state index is 12.0. The Kier molecular flexibility index (Phi) is 20.4. The number of esters is 2. The molecule has 4 saturated heterocycles. The number of anilines is 4. The van der Waals surface area contributed by atoms with Gasteiger partial charge in [0, 0.05) is 109 Å². The fraction of sp³-hybridized carbons (Fsp3) is 0.353. The molecule has 2 unspecified atom stereocenters. The molecule has 6 heterocycles. The van der Waals surface area contributed by atoms with E-state index >= 15 is 0 Å². The molecule has 4 aliphatic rings. The van der Waals surface area contributed by atoms with Crippen LogP contribution in [0.3, 0.4) is 0 Å². The van der Waals surface area contributed by atoms with E-state index in [4.69, 9.17) is 39.4 Å². The van der Waals surface area contributed by atoms with Gasteiger partial charge in [-0.1, -0.05) is 15.9 Å². The molecule has 8 aromatic rings. The number of aromatic nitrogens is 6. The second-order valence-corrected chi connectivity index (χ2v) is 23.2. The van der Waals surface area contributed by atoms with Crippen LogP contribution >= 0.6 is 15.9 Å². The topological polar surface area (TPSA) is 213 Å². The summed E-state index contributed by atoms with van der Waals surface area (Å²) in [5.41, 5.74) is 9.18. The Labute approximate surface area is 517 Å². The lowest BCUT2D eigenvalue weighted by Crippen LogP contribution is -2.26. The lowest BCUT2D eigenvalue weighted by molar-refractivity contribution is -0.150. The third-order valence-electron chi connectivity index (χ3n) is 15.6. The van der Waals surface area contributed by atoms with Crippen molar-refractivity contribution in [2.75, 3.05) is 85.2 Å². The molecule has 0 radical (unpaired) electrons. The van der Waals surface area contributed by atoms with Crippen LogP contribution in [0.25, 0.3) is 68.3 Å². The Morgan fingerprint density at radius 2 is 0.724 bits per heavy atom. The molecule has 2 aromatic heterocycles. The lowest BCUT2D eigenvalue weighted by Gasteiger charge is -2.18. The number of nitrogens with zero attached hydrogens (tertiary/aromatic N) is 10. The van der Waals surface area contributed by atoms with Crippen molar-refractivity contribution in [1.82, 2.24) is 29.9 Å². The lowest BCUT2D eigenvalue weighted by atomic mass is 10.1. The summed E-state index contributed by atoms with van der Waals surface area (Å²) in [6.45, 7) is 16.2. The van der Waals surface area contributed by atoms with Gasteiger partial charge in [-0.25, -0.2) is 34.7 Å². The van der Waals surface area contributed by atoms with Gasteiger partial charge in [-0.2, -0.15) is 0 Å². The predicted octanol–water partition coefficient (Wildman–Crippen LogP) is 12.9. The Bertz CT molecular complexity index is 3430. The maximum absolute atomic E-state index is 12.0. The van der Waals surface area contributed by atoms with Crippen LogP contribution in [0.5, 0.6) is 23.0 Å². The molecule has 0 aliphatic carbocycles. The van der Waals surface area contributed by atoms with Gasteiger partial charge in [0.2, 0.25) is 0 Å². The fourth-order valence-corrected chi connectivity index (χ4v) is 11.1. The molecule has 87 heavy (non-hydrogen) atoms. The van der Waals surface area contributed by atoms with Gasteiger partial charge in [0.25, 0.3) is 0 Å². The number of phenols is 3. The van der Waals surface area contributed by atoms with Crippen molar-refractivity contribution in [2.24, 2.45) is 0 Å². The number of carbonyl (C=O) groups is 2. The maximum Gasteiger partial charge on any atom is 0.347 e. The first-order valence-electron chi connectivity index (χ1n) is 30.2. The van der Waals surface area contributed by atoms with Crippen molar-refractivity contribution < 1.29 is 39.1 Å². The Hall–Kier alpha value is -8.84. The summed E-state index contributed by atoms with van der Waals surface area (Å²) in [6.07, 6.45) is 8.97. The van der Waals surface area contributed by atoms with Crippen LogP contribution in [0.4, 0.5) is 22.7 Å². The van der Waals surface area contributed by atoms with Gasteiger partial charge < -0.3 is 49.1 Å². The van der Waals surface area contributed by atoms with Gasteiger partial charge >= 0.3 is 11.9 Å². The predicted molar refractivity (Wildman–Crippen MR) is 345 cm³/mol. The number of rotatable bonds is 16. The molecule has 4 fully saturated rings. The highest BCUT2D eigenvalue weighted by atomic mass is 79.9. The van der Waals surface area contributed by atoms with Crippen molar-refractivity contribution in [3.05, 3.63) is 133 Å². The number of alkyl halides is 1. The Balaban J connectivity index is 0.000000173. The normalized spacial score (nSPS) is 15.3. The van der Waals surface area contributed by atoms with E-state index in [-0.39, 0.29) is 34.7 Å². The van der Waals surface area contributed by atoms with Crippen molar-refractivity contribution in [1.29, 1.82) is 0 Å². The van der Waals surface area contributed by atoms with E-state index in [1.165, 1.54) is 92.3 Å². The number of phenolic OH excluding ortho intramolecular Hbond substituents is 3. The number of aromatic hydroxyl groups is 3. The number of carbonyl (C=O) groups excluding carboxylic acids is 2. The third-order valence-corrected chi connectivity index (χ3v) is 16.0. The van der Waals surface area contributed by atoms with E-state index < -0.39 is 12.1 Å². The van der Waals surface area contributed by atoms with E-state index in [0.717, 1.165) is 74.6 Å². The second-order valence-electron chi connectivity index (χ2n) is 21.8. The van der Waals surface area contributed by atoms with E-state index in [9.17, 15) is 24.9 Å². The smallest absolute Gasteiger partial charge is 0.347 e. The number of benzene rings is 6. The zero-order chi connectivity index (χ0) is 60.8. The van der Waals surface area contributed by atoms with E-state index in [0.29, 0.717) is 58.4 Å². The molecule has 2 atom stereocenters. The van der Waals surface area contributed by atoms with E-state index in [1.54, 1.807) is 45.9 Å². The monoisotopic (exact) mass is 1240 g/mol. The summed E-state index contributed by atoms with van der Waals surface area (Å²) in [4.78, 5) is 60.6. The van der Waals surface area contributed by atoms with Crippen molar-refractivity contribution in [3.8, 4) is 91.3 Å². The summed E-state index contributed by atoms with van der Waals surface area (Å²) in [6, 6.07) is 42.6. The molecule has 0 bridgehead atoms. The van der Waals surface area contributed by atoms with Gasteiger partial charge in [0.1, 0.15) is 27.8 Å². The molecular formula is C68H75BrN10O8. The number of hydrogen-bond donors (Lipinski definition) is 3. The minimum Gasteiger partial charge on any atom is -0.508 e. The first kappa shape index (κ1) is 61.3. The molecule has 0 amide bonds. The van der Waals surface area contributed by atoms with Crippen LogP contribution in [0.2, 0.25) is 0 Å². The fourth-order valence-electron chi connectivity index (χ4n) is 10.9. The highest BCUT2D eigenvalue weighted by Crippen LogP contribution is 2.37. The number of hydrogen-bond acceptors (Lipinski definition) is 18. The summed E-state index contributed by atoms with van der Waals surface area (Å²) >= 11 is 3.07. The van der Waals surface area contributed by atoms with Crippen LogP contribution in [0.1, 0.15) is 79.1 Å². The molecule has 6 aromatic carbocycles. The average molecular weight is 1240 g/mol. The van der Waals surface area contributed by atoms with Crippen molar-refractivity contribution in [2.45, 2.75) is 90.0 Å². The van der Waals surface area contributed by atoms with Crippen LogP contribution in [-0.4, -0.2) is 134 Å². The summed E-state index contributed by atoms with van der Waals surface area (Å²) < 4.78 is 15.3. The van der Waals surface area contributed by atoms with Gasteiger partial charge in [0.05, 0.1) is 24.3 Å². The number of halogens is 1. The number of ether oxygens (including phenoxy) is 3. The quantitative estimate of drug-likeness (QED) is 0.0606. The largest absolute Gasteiger partial charge is 0.508 e. The van der Waals surface area contributed by atoms with Crippen LogP contribution in [0, 0.1) is 0 Å². The molecule has 4 aliphatic heterocycles.